The average molecular weight is 190 g/mol. The molecule has 0 aromatic heterocycles. The Morgan fingerprint density at radius 1 is 1.60 bits per heavy atom. The molecule has 10 heavy (non-hydrogen) atoms. The van der Waals surface area contributed by atoms with Crippen LogP contribution in [0.2, 0.25) is 0 Å². The predicted octanol–water partition coefficient (Wildman–Crippen LogP) is -0.430. The van der Waals surface area contributed by atoms with Crippen molar-refractivity contribution in [3.05, 3.63) is 0 Å². The van der Waals surface area contributed by atoms with E-state index < -0.39 is 5.97 Å². The molecule has 0 spiro atoms. The van der Waals surface area contributed by atoms with Crippen molar-refractivity contribution in [2.24, 2.45) is 11.5 Å². The Morgan fingerprint density at radius 3 is 1.70 bits per heavy atom. The standard InChI is InChI=1S/C2H3ClO2.CH5N3.ClH/c3-1-2(4)5;2-1(3)4;/h1H2,(H,4,5);(H5,2,3,4);1H. The fourth-order valence-electron chi connectivity index (χ4n) is 0. The first-order valence-electron chi connectivity index (χ1n) is 1.88. The number of nitrogens with one attached hydrogen (secondary N) is 1. The smallest absolute Gasteiger partial charge is 0.318 e. The molecule has 0 heterocycles. The number of alkyl halides is 1. The molecule has 0 amide bonds. The lowest BCUT2D eigenvalue weighted by Gasteiger charge is -1.69. The van der Waals surface area contributed by atoms with Gasteiger partial charge in [0.25, 0.3) is 0 Å². The van der Waals surface area contributed by atoms with Gasteiger partial charge in [0, 0.05) is 0 Å². The monoisotopic (exact) mass is 189 g/mol. The maximum absolute atomic E-state index is 9.24. The molecule has 0 saturated heterocycles. The maximum atomic E-state index is 9.24. The minimum Gasteiger partial charge on any atom is -0.480 e. The molecule has 0 aliphatic heterocycles. The second kappa shape index (κ2) is 11.2. The van der Waals surface area contributed by atoms with Crippen LogP contribution in [0.1, 0.15) is 0 Å². The number of guanidine groups is 1. The van der Waals surface area contributed by atoms with Gasteiger partial charge in [0.15, 0.2) is 5.96 Å². The molecule has 7 heteroatoms. The van der Waals surface area contributed by atoms with E-state index in [1.54, 1.807) is 0 Å². The van der Waals surface area contributed by atoms with E-state index in [0.717, 1.165) is 0 Å². The third-order valence-corrected chi connectivity index (χ3v) is 0.343. The lowest BCUT2D eigenvalue weighted by atomic mass is 10.8. The Bertz CT molecular complexity index is 104. The summed E-state index contributed by atoms with van der Waals surface area (Å²) in [5.41, 5.74) is 8.94. The van der Waals surface area contributed by atoms with Gasteiger partial charge in [-0.05, 0) is 0 Å². The van der Waals surface area contributed by atoms with Crippen LogP contribution in [0.15, 0.2) is 0 Å². The molecule has 0 rings (SSSR count). The van der Waals surface area contributed by atoms with Crippen LogP contribution in [-0.2, 0) is 4.79 Å². The van der Waals surface area contributed by atoms with Gasteiger partial charge in [-0.2, -0.15) is 0 Å². The summed E-state index contributed by atoms with van der Waals surface area (Å²) < 4.78 is 0. The van der Waals surface area contributed by atoms with Gasteiger partial charge < -0.3 is 16.6 Å². The van der Waals surface area contributed by atoms with Crippen LogP contribution in [0.3, 0.4) is 0 Å². The van der Waals surface area contributed by atoms with Gasteiger partial charge in [-0.25, -0.2) is 0 Å². The van der Waals surface area contributed by atoms with Crippen molar-refractivity contribution in [2.45, 2.75) is 0 Å². The first-order chi connectivity index (χ1) is 4.00. The Morgan fingerprint density at radius 2 is 1.70 bits per heavy atom. The van der Waals surface area contributed by atoms with Crippen molar-refractivity contribution >= 4 is 35.9 Å². The van der Waals surface area contributed by atoms with Crippen molar-refractivity contribution in [1.29, 1.82) is 5.41 Å². The van der Waals surface area contributed by atoms with E-state index in [4.69, 9.17) is 22.1 Å². The van der Waals surface area contributed by atoms with Gasteiger partial charge in [0.05, 0.1) is 0 Å². The van der Waals surface area contributed by atoms with Crippen molar-refractivity contribution in [1.82, 2.24) is 0 Å². The number of rotatable bonds is 1. The zero-order chi connectivity index (χ0) is 7.86. The Balaban J connectivity index is -0.0000000910. The number of carboxylic acid groups (broad SMARTS) is 1. The molecule has 0 radical (unpaired) electrons. The number of hydrogen-bond donors (Lipinski definition) is 4. The van der Waals surface area contributed by atoms with Crippen molar-refractivity contribution < 1.29 is 9.90 Å². The Hall–Kier alpha value is -0.680. The molecule has 0 unspecified atom stereocenters. The van der Waals surface area contributed by atoms with Crippen LogP contribution >= 0.6 is 24.0 Å². The molecular weight excluding hydrogens is 181 g/mol. The molecule has 0 aliphatic carbocycles. The fraction of sp³-hybridized carbons (Fsp3) is 0.333. The molecule has 5 nitrogen and oxygen atoms in total. The largest absolute Gasteiger partial charge is 0.480 e. The molecule has 6 N–H and O–H groups in total. The highest BCUT2D eigenvalue weighted by atomic mass is 35.5. The average Bonchev–Trinajstić information content (AvgIpc) is 1.65. The highest BCUT2D eigenvalue weighted by molar-refractivity contribution is 6.26. The first-order valence-corrected chi connectivity index (χ1v) is 2.41. The second-order valence-corrected chi connectivity index (χ2v) is 1.25. The topological polar surface area (TPSA) is 113 Å². The maximum Gasteiger partial charge on any atom is 0.318 e. The quantitative estimate of drug-likeness (QED) is 0.255. The lowest BCUT2D eigenvalue weighted by molar-refractivity contribution is -0.134. The summed E-state index contributed by atoms with van der Waals surface area (Å²) in [6.45, 7) is 0. The van der Waals surface area contributed by atoms with Crippen LogP contribution in [-0.4, -0.2) is 22.9 Å². The van der Waals surface area contributed by atoms with Crippen molar-refractivity contribution in [3.8, 4) is 0 Å². The zero-order valence-corrected chi connectivity index (χ0v) is 6.58. The molecule has 62 valence electrons. The van der Waals surface area contributed by atoms with E-state index >= 15 is 0 Å². The number of carboxylic acids is 1. The first kappa shape index (κ1) is 16.2. The molecule has 0 saturated carbocycles. The van der Waals surface area contributed by atoms with Gasteiger partial charge >= 0.3 is 5.97 Å². The highest BCUT2D eigenvalue weighted by Crippen LogP contribution is 1.67. The van der Waals surface area contributed by atoms with Gasteiger partial charge in [-0.1, -0.05) is 0 Å². The van der Waals surface area contributed by atoms with Gasteiger partial charge in [0.1, 0.15) is 5.88 Å². The SMILES string of the molecule is Cl.N=C(N)N.O=C(O)CCl. The highest BCUT2D eigenvalue weighted by Gasteiger charge is 1.83. The van der Waals surface area contributed by atoms with Gasteiger partial charge in [-0.15, -0.1) is 24.0 Å². The predicted molar refractivity (Wildman–Crippen MR) is 41.7 cm³/mol. The lowest BCUT2D eigenvalue weighted by Crippen LogP contribution is -2.20. The zero-order valence-electron chi connectivity index (χ0n) is 5.00. The normalized spacial score (nSPS) is 6.10. The van der Waals surface area contributed by atoms with Crippen LogP contribution in [0, 0.1) is 5.41 Å². The second-order valence-electron chi connectivity index (χ2n) is 0.983. The third kappa shape index (κ3) is 168. The Kier molecular flexibility index (Phi) is 18.0. The van der Waals surface area contributed by atoms with Crippen molar-refractivity contribution in [2.75, 3.05) is 5.88 Å². The summed E-state index contributed by atoms with van der Waals surface area (Å²) in [7, 11) is 0. The van der Waals surface area contributed by atoms with Crippen LogP contribution in [0.4, 0.5) is 0 Å². The van der Waals surface area contributed by atoms with E-state index in [9.17, 15) is 4.79 Å². The van der Waals surface area contributed by atoms with Crippen LogP contribution in [0.25, 0.3) is 0 Å². The third-order valence-electron chi connectivity index (χ3n) is 0.114. The number of halogens is 2. The van der Waals surface area contributed by atoms with Crippen LogP contribution in [0.5, 0.6) is 0 Å². The van der Waals surface area contributed by atoms with E-state index in [1.807, 2.05) is 0 Å². The molecule has 0 fully saturated rings. The summed E-state index contributed by atoms with van der Waals surface area (Å²) >= 11 is 4.74. The summed E-state index contributed by atoms with van der Waals surface area (Å²) in [4.78, 5) is 9.24. The summed E-state index contributed by atoms with van der Waals surface area (Å²) in [6, 6.07) is 0. The summed E-state index contributed by atoms with van der Waals surface area (Å²) in [6.07, 6.45) is 0. The number of hydrogen-bond acceptors (Lipinski definition) is 2. The molecular formula is C3H9Cl2N3O2. The molecule has 0 aliphatic rings. The van der Waals surface area contributed by atoms with Gasteiger partial charge in [0.2, 0.25) is 0 Å². The van der Waals surface area contributed by atoms with Gasteiger partial charge in [-0.3, -0.25) is 10.2 Å². The van der Waals surface area contributed by atoms with E-state index in [0.29, 0.717) is 0 Å². The minimum absolute atomic E-state index is 0. The Labute approximate surface area is 69.3 Å². The van der Waals surface area contributed by atoms with E-state index in [1.165, 1.54) is 0 Å². The van der Waals surface area contributed by atoms with Crippen LogP contribution < -0.4 is 11.5 Å². The summed E-state index contributed by atoms with van der Waals surface area (Å²) in [5.74, 6) is -1.62. The molecule has 0 atom stereocenters. The molecule has 0 aromatic carbocycles. The fourth-order valence-corrected chi connectivity index (χ4v) is 0. The molecule has 0 aromatic rings. The van der Waals surface area contributed by atoms with E-state index in [-0.39, 0.29) is 24.2 Å². The number of aliphatic carboxylic acids is 1. The summed E-state index contributed by atoms with van der Waals surface area (Å²) in [5, 5.41) is 13.6. The van der Waals surface area contributed by atoms with Crippen molar-refractivity contribution in [3.63, 3.8) is 0 Å². The molecule has 0 bridgehead atoms. The number of nitrogens with two attached hydrogens (primary N) is 2. The minimum atomic E-state index is -0.980. The van der Waals surface area contributed by atoms with E-state index in [2.05, 4.69) is 11.5 Å². The number of carbonyl (C=O) groups is 1.